The van der Waals surface area contributed by atoms with Crippen LogP contribution in [0.5, 0.6) is 0 Å². The molecule has 4 atom stereocenters. The smallest absolute Gasteiger partial charge is 0.302 e. The molecule has 0 aliphatic carbocycles. The summed E-state index contributed by atoms with van der Waals surface area (Å²) >= 11 is 3.43. The number of halogens is 1. The van der Waals surface area contributed by atoms with Crippen LogP contribution < -0.4 is 5.73 Å². The number of imidazole rings is 1. The maximum absolute atomic E-state index is 11.2. The molecule has 2 aromatic heterocycles. The van der Waals surface area contributed by atoms with Gasteiger partial charge in [-0.05, 0) is 29.8 Å². The van der Waals surface area contributed by atoms with E-state index in [4.69, 9.17) is 24.7 Å². The van der Waals surface area contributed by atoms with Crippen molar-refractivity contribution in [2.24, 2.45) is 0 Å². The first-order valence-corrected chi connectivity index (χ1v) is 8.84. The van der Waals surface area contributed by atoms with Crippen molar-refractivity contribution in [3.05, 3.63) is 11.1 Å². The molecular formula is C15H18BrN5O5. The normalized spacial score (nSPS) is 29.8. The molecule has 0 bridgehead atoms. The highest BCUT2D eigenvalue weighted by Crippen LogP contribution is 2.45. The largest absolute Gasteiger partial charge is 0.463 e. The number of anilines is 1. The molecule has 2 aliphatic heterocycles. The molecule has 2 fully saturated rings. The molecule has 0 radical (unpaired) electrons. The van der Waals surface area contributed by atoms with Crippen LogP contribution in [-0.4, -0.2) is 56.2 Å². The third kappa shape index (κ3) is 2.84. The predicted octanol–water partition coefficient (Wildman–Crippen LogP) is 1.15. The number of hydrogen-bond donors (Lipinski definition) is 1. The fraction of sp³-hybridized carbons (Fsp3) is 0.600. The summed E-state index contributed by atoms with van der Waals surface area (Å²) in [5, 5.41) is 0. The van der Waals surface area contributed by atoms with E-state index < -0.39 is 30.3 Å². The van der Waals surface area contributed by atoms with Crippen molar-refractivity contribution in [1.29, 1.82) is 0 Å². The van der Waals surface area contributed by atoms with Gasteiger partial charge in [-0.25, -0.2) is 15.0 Å². The minimum atomic E-state index is -0.789. The predicted molar refractivity (Wildman–Crippen MR) is 91.8 cm³/mol. The summed E-state index contributed by atoms with van der Waals surface area (Å²) in [5.74, 6) is -0.908. The van der Waals surface area contributed by atoms with Crippen molar-refractivity contribution in [3.63, 3.8) is 0 Å². The van der Waals surface area contributed by atoms with Gasteiger partial charge in [0.25, 0.3) is 0 Å². The second-order valence-electron chi connectivity index (χ2n) is 6.61. The van der Waals surface area contributed by atoms with Gasteiger partial charge in [-0.3, -0.25) is 9.36 Å². The van der Waals surface area contributed by atoms with E-state index in [1.807, 2.05) is 13.8 Å². The number of carbonyl (C=O) groups excluding carboxylic acids is 1. The van der Waals surface area contributed by atoms with Gasteiger partial charge in [-0.15, -0.1) is 0 Å². The molecule has 4 rings (SSSR count). The van der Waals surface area contributed by atoms with Gasteiger partial charge in [-0.2, -0.15) is 0 Å². The van der Waals surface area contributed by atoms with Gasteiger partial charge in [0.1, 0.15) is 31.2 Å². The fourth-order valence-electron chi connectivity index (χ4n) is 3.33. The van der Waals surface area contributed by atoms with E-state index in [1.54, 1.807) is 4.57 Å². The van der Waals surface area contributed by atoms with Crippen molar-refractivity contribution in [2.45, 2.75) is 51.1 Å². The van der Waals surface area contributed by atoms with Crippen LogP contribution in [0.4, 0.5) is 5.82 Å². The lowest BCUT2D eigenvalue weighted by Crippen LogP contribution is -2.33. The highest BCUT2D eigenvalue weighted by atomic mass is 79.9. The summed E-state index contributed by atoms with van der Waals surface area (Å²) in [7, 11) is 0. The molecule has 0 amide bonds. The number of ether oxygens (including phenoxy) is 4. The summed E-state index contributed by atoms with van der Waals surface area (Å²) in [4.78, 5) is 23.8. The van der Waals surface area contributed by atoms with Crippen LogP contribution in [0.25, 0.3) is 11.2 Å². The van der Waals surface area contributed by atoms with Crippen LogP contribution in [0.3, 0.4) is 0 Å². The maximum Gasteiger partial charge on any atom is 0.302 e. The Morgan fingerprint density at radius 2 is 2.12 bits per heavy atom. The number of nitrogen functional groups attached to an aromatic ring is 1. The lowest BCUT2D eigenvalue weighted by Gasteiger charge is -2.25. The molecule has 2 saturated heterocycles. The molecule has 2 aromatic rings. The summed E-state index contributed by atoms with van der Waals surface area (Å²) in [6.07, 6.45) is -0.551. The third-order valence-electron chi connectivity index (χ3n) is 4.29. The zero-order valence-corrected chi connectivity index (χ0v) is 16.0. The molecule has 140 valence electrons. The Bertz CT molecular complexity index is 871. The Labute approximate surface area is 157 Å². The minimum Gasteiger partial charge on any atom is -0.463 e. The average molecular weight is 428 g/mol. The standard InChI is InChI=1S/C15H18BrN5O5/c1-6(22)23-4-7-9-10(26-15(2,3)25-9)13(24-7)21-12-8(20-14(21)16)11(17)18-5-19-12/h5,7,9-10,13H,4H2,1-3H3,(H2,17,18,19)/t7-,9+,10+,13-/m1/s1. The van der Waals surface area contributed by atoms with E-state index in [9.17, 15) is 4.79 Å². The lowest BCUT2D eigenvalue weighted by atomic mass is 10.1. The SMILES string of the molecule is CC(=O)OC[C@H]1O[C@@H](n2c(Br)nc3c(N)ncnc32)[C@H]2OC(C)(C)O[C@H]21. The molecule has 0 aromatic carbocycles. The fourth-order valence-corrected chi connectivity index (χ4v) is 3.87. The molecule has 2 aliphatic rings. The first-order chi connectivity index (χ1) is 12.3. The quantitative estimate of drug-likeness (QED) is 0.566. The molecule has 26 heavy (non-hydrogen) atoms. The summed E-state index contributed by atoms with van der Waals surface area (Å²) in [5.41, 5.74) is 6.86. The number of aromatic nitrogens is 4. The van der Waals surface area contributed by atoms with Gasteiger partial charge >= 0.3 is 5.97 Å². The van der Waals surface area contributed by atoms with E-state index >= 15 is 0 Å². The average Bonchev–Trinajstić information content (AvgIpc) is 3.14. The van der Waals surface area contributed by atoms with Crippen molar-refractivity contribution in [1.82, 2.24) is 19.5 Å². The number of fused-ring (bicyclic) bond motifs is 2. The number of nitrogens with zero attached hydrogens (tertiary/aromatic N) is 4. The van der Waals surface area contributed by atoms with Crippen LogP contribution in [0.15, 0.2) is 11.1 Å². The van der Waals surface area contributed by atoms with E-state index in [-0.39, 0.29) is 18.4 Å². The number of esters is 1. The highest BCUT2D eigenvalue weighted by Gasteiger charge is 2.56. The Balaban J connectivity index is 1.73. The highest BCUT2D eigenvalue weighted by molar-refractivity contribution is 9.10. The second kappa shape index (κ2) is 6.12. The number of rotatable bonds is 3. The molecule has 0 spiro atoms. The van der Waals surface area contributed by atoms with Crippen molar-refractivity contribution in [2.75, 3.05) is 12.3 Å². The van der Waals surface area contributed by atoms with E-state index in [0.29, 0.717) is 15.9 Å². The zero-order valence-electron chi connectivity index (χ0n) is 14.4. The van der Waals surface area contributed by atoms with Crippen LogP contribution >= 0.6 is 15.9 Å². The van der Waals surface area contributed by atoms with Gasteiger partial charge in [0.15, 0.2) is 33.7 Å². The molecule has 11 heteroatoms. The molecule has 2 N–H and O–H groups in total. The Kier molecular flexibility index (Phi) is 4.14. The van der Waals surface area contributed by atoms with Crippen molar-refractivity contribution < 1.29 is 23.7 Å². The van der Waals surface area contributed by atoms with E-state index in [1.165, 1.54) is 13.3 Å². The summed E-state index contributed by atoms with van der Waals surface area (Å²) < 4.78 is 25.5. The van der Waals surface area contributed by atoms with Crippen LogP contribution in [0.1, 0.15) is 27.0 Å². The number of hydrogen-bond acceptors (Lipinski definition) is 9. The molecule has 0 saturated carbocycles. The first kappa shape index (κ1) is 17.6. The minimum absolute atomic E-state index is 0.0633. The Hall–Kier alpha value is -1.82. The first-order valence-electron chi connectivity index (χ1n) is 8.05. The van der Waals surface area contributed by atoms with Crippen molar-refractivity contribution >= 4 is 38.9 Å². The van der Waals surface area contributed by atoms with Crippen LogP contribution in [0, 0.1) is 0 Å². The third-order valence-corrected chi connectivity index (χ3v) is 4.85. The van der Waals surface area contributed by atoms with Gasteiger partial charge in [0.05, 0.1) is 0 Å². The summed E-state index contributed by atoms with van der Waals surface area (Å²) in [6, 6.07) is 0. The second-order valence-corrected chi connectivity index (χ2v) is 7.32. The molecule has 0 unspecified atom stereocenters. The van der Waals surface area contributed by atoms with Gasteiger partial charge in [0.2, 0.25) is 0 Å². The lowest BCUT2D eigenvalue weighted by molar-refractivity contribution is -0.202. The van der Waals surface area contributed by atoms with Gasteiger partial charge in [-0.1, -0.05) is 0 Å². The zero-order chi connectivity index (χ0) is 18.6. The molecule has 10 nitrogen and oxygen atoms in total. The molecular weight excluding hydrogens is 410 g/mol. The molecule has 4 heterocycles. The van der Waals surface area contributed by atoms with Gasteiger partial charge in [0, 0.05) is 6.92 Å². The van der Waals surface area contributed by atoms with Crippen molar-refractivity contribution in [3.8, 4) is 0 Å². The number of nitrogens with two attached hydrogens (primary N) is 1. The number of carbonyl (C=O) groups is 1. The van der Waals surface area contributed by atoms with E-state index in [2.05, 4.69) is 30.9 Å². The summed E-state index contributed by atoms with van der Waals surface area (Å²) in [6.45, 7) is 5.06. The van der Waals surface area contributed by atoms with Crippen LogP contribution in [-0.2, 0) is 23.7 Å². The topological polar surface area (TPSA) is 124 Å². The van der Waals surface area contributed by atoms with Crippen LogP contribution in [0.2, 0.25) is 0 Å². The van der Waals surface area contributed by atoms with Gasteiger partial charge < -0.3 is 24.7 Å². The monoisotopic (exact) mass is 427 g/mol. The Morgan fingerprint density at radius 1 is 1.38 bits per heavy atom. The Morgan fingerprint density at radius 3 is 2.85 bits per heavy atom. The maximum atomic E-state index is 11.2. The van der Waals surface area contributed by atoms with E-state index in [0.717, 1.165) is 0 Å².